The first-order chi connectivity index (χ1) is 10.1. The number of hydrogen-bond donors (Lipinski definition) is 1. The van der Waals surface area contributed by atoms with E-state index in [2.05, 4.69) is 5.32 Å². The minimum absolute atomic E-state index is 0.0307. The van der Waals surface area contributed by atoms with Crippen LogP contribution in [-0.2, 0) is 4.79 Å². The highest BCUT2D eigenvalue weighted by Crippen LogP contribution is 2.19. The molecule has 0 aromatic heterocycles. The summed E-state index contributed by atoms with van der Waals surface area (Å²) in [6, 6.07) is 13.6. The predicted molar refractivity (Wildman–Crippen MR) is 81.9 cm³/mol. The third-order valence-corrected chi connectivity index (χ3v) is 2.87. The molecule has 0 radical (unpaired) electrons. The summed E-state index contributed by atoms with van der Waals surface area (Å²) in [7, 11) is 0. The molecule has 0 aliphatic carbocycles. The standard InChI is InChI=1S/C16H14N2O3/c1-12-6-9-14(10-7-12)17-16(19)11-8-13-4-2-3-5-15(13)18(20)21/h2-11H,1H3,(H,17,19). The van der Waals surface area contributed by atoms with E-state index in [1.807, 2.05) is 19.1 Å². The van der Waals surface area contributed by atoms with E-state index < -0.39 is 4.92 Å². The van der Waals surface area contributed by atoms with E-state index in [4.69, 9.17) is 0 Å². The number of amides is 1. The molecule has 1 amide bonds. The highest BCUT2D eigenvalue weighted by atomic mass is 16.6. The van der Waals surface area contributed by atoms with E-state index >= 15 is 0 Å². The van der Waals surface area contributed by atoms with Crippen LogP contribution in [0.15, 0.2) is 54.6 Å². The van der Waals surface area contributed by atoms with Gasteiger partial charge in [0.2, 0.25) is 5.91 Å². The molecule has 0 unspecified atom stereocenters. The van der Waals surface area contributed by atoms with Crippen molar-refractivity contribution < 1.29 is 9.72 Å². The van der Waals surface area contributed by atoms with Gasteiger partial charge in [-0.15, -0.1) is 0 Å². The van der Waals surface area contributed by atoms with E-state index in [-0.39, 0.29) is 11.6 Å². The van der Waals surface area contributed by atoms with E-state index in [1.165, 1.54) is 18.2 Å². The number of anilines is 1. The number of nitro benzene ring substituents is 1. The number of carbonyl (C=O) groups is 1. The van der Waals surface area contributed by atoms with Gasteiger partial charge >= 0.3 is 0 Å². The van der Waals surface area contributed by atoms with Gasteiger partial charge in [0, 0.05) is 17.8 Å². The van der Waals surface area contributed by atoms with Crippen molar-refractivity contribution in [2.24, 2.45) is 0 Å². The number of benzene rings is 2. The van der Waals surface area contributed by atoms with Crippen LogP contribution in [0.5, 0.6) is 0 Å². The van der Waals surface area contributed by atoms with Gasteiger partial charge in [-0.25, -0.2) is 0 Å². The molecule has 5 heteroatoms. The van der Waals surface area contributed by atoms with Crippen molar-refractivity contribution in [3.8, 4) is 0 Å². The summed E-state index contributed by atoms with van der Waals surface area (Å²) in [5.74, 6) is -0.336. The average molecular weight is 282 g/mol. The molecular formula is C16H14N2O3. The second-order valence-electron chi connectivity index (χ2n) is 4.50. The molecular weight excluding hydrogens is 268 g/mol. The molecule has 0 atom stereocenters. The van der Waals surface area contributed by atoms with Gasteiger partial charge in [0.1, 0.15) is 0 Å². The van der Waals surface area contributed by atoms with Gasteiger partial charge in [-0.1, -0.05) is 29.8 Å². The fraction of sp³-hybridized carbons (Fsp3) is 0.0625. The number of nitrogens with one attached hydrogen (secondary N) is 1. The number of nitro groups is 1. The summed E-state index contributed by atoms with van der Waals surface area (Å²) in [4.78, 5) is 22.2. The molecule has 0 saturated heterocycles. The van der Waals surface area contributed by atoms with E-state index in [0.29, 0.717) is 11.3 Å². The first-order valence-electron chi connectivity index (χ1n) is 6.35. The molecule has 0 saturated carbocycles. The molecule has 0 aliphatic rings. The molecule has 0 spiro atoms. The van der Waals surface area contributed by atoms with E-state index in [9.17, 15) is 14.9 Å². The summed E-state index contributed by atoms with van der Waals surface area (Å²) >= 11 is 0. The van der Waals surface area contributed by atoms with Gasteiger partial charge < -0.3 is 5.32 Å². The zero-order chi connectivity index (χ0) is 15.2. The highest BCUT2D eigenvalue weighted by Gasteiger charge is 2.09. The maximum absolute atomic E-state index is 11.8. The van der Waals surface area contributed by atoms with Crippen molar-refractivity contribution in [1.82, 2.24) is 0 Å². The van der Waals surface area contributed by atoms with Gasteiger partial charge in [0.25, 0.3) is 5.69 Å². The summed E-state index contributed by atoms with van der Waals surface area (Å²) in [6.45, 7) is 1.96. The van der Waals surface area contributed by atoms with Crippen molar-refractivity contribution in [2.75, 3.05) is 5.32 Å². The van der Waals surface area contributed by atoms with Crippen molar-refractivity contribution in [3.05, 3.63) is 75.8 Å². The van der Waals surface area contributed by atoms with Crippen molar-refractivity contribution in [3.63, 3.8) is 0 Å². The van der Waals surface area contributed by atoms with Gasteiger partial charge in [0.15, 0.2) is 0 Å². The lowest BCUT2D eigenvalue weighted by Gasteiger charge is -2.02. The molecule has 2 rings (SSSR count). The first kappa shape index (κ1) is 14.5. The van der Waals surface area contributed by atoms with Crippen LogP contribution >= 0.6 is 0 Å². The minimum atomic E-state index is -0.475. The Morgan fingerprint density at radius 3 is 2.48 bits per heavy atom. The Labute approximate surface area is 122 Å². The van der Waals surface area contributed by atoms with Crippen LogP contribution in [0.3, 0.4) is 0 Å². The van der Waals surface area contributed by atoms with Gasteiger partial charge in [-0.2, -0.15) is 0 Å². The number of para-hydroxylation sites is 1. The monoisotopic (exact) mass is 282 g/mol. The number of rotatable bonds is 4. The maximum Gasteiger partial charge on any atom is 0.276 e. The van der Waals surface area contributed by atoms with E-state index in [1.54, 1.807) is 30.3 Å². The Hall–Kier alpha value is -2.95. The average Bonchev–Trinajstić information content (AvgIpc) is 2.48. The summed E-state index contributed by atoms with van der Waals surface area (Å²) in [5.41, 5.74) is 2.14. The zero-order valence-electron chi connectivity index (χ0n) is 11.4. The molecule has 5 nitrogen and oxygen atoms in total. The fourth-order valence-corrected chi connectivity index (χ4v) is 1.78. The van der Waals surface area contributed by atoms with Gasteiger partial charge in [-0.3, -0.25) is 14.9 Å². The molecule has 0 bridgehead atoms. The first-order valence-corrected chi connectivity index (χ1v) is 6.35. The second kappa shape index (κ2) is 6.47. The highest BCUT2D eigenvalue weighted by molar-refractivity contribution is 6.02. The number of carbonyl (C=O) groups excluding carboxylic acids is 1. The predicted octanol–water partition coefficient (Wildman–Crippen LogP) is 3.56. The lowest BCUT2D eigenvalue weighted by molar-refractivity contribution is -0.385. The third-order valence-electron chi connectivity index (χ3n) is 2.87. The van der Waals surface area contributed by atoms with Crippen LogP contribution in [0.4, 0.5) is 11.4 Å². The van der Waals surface area contributed by atoms with E-state index in [0.717, 1.165) is 5.56 Å². The Morgan fingerprint density at radius 1 is 1.14 bits per heavy atom. The molecule has 0 heterocycles. The minimum Gasteiger partial charge on any atom is -0.323 e. The molecule has 106 valence electrons. The SMILES string of the molecule is Cc1ccc(NC(=O)C=Cc2ccccc2[N+](=O)[O-])cc1. The van der Waals surface area contributed by atoms with Crippen LogP contribution in [0.1, 0.15) is 11.1 Å². The molecule has 0 aliphatic heterocycles. The molecule has 0 fully saturated rings. The summed E-state index contributed by atoms with van der Waals surface area (Å²) < 4.78 is 0. The molecule has 2 aromatic rings. The quantitative estimate of drug-likeness (QED) is 0.529. The van der Waals surface area contributed by atoms with Crippen LogP contribution < -0.4 is 5.32 Å². The van der Waals surface area contributed by atoms with Crippen molar-refractivity contribution in [1.29, 1.82) is 0 Å². The summed E-state index contributed by atoms with van der Waals surface area (Å²) in [5, 5.41) is 13.6. The van der Waals surface area contributed by atoms with Crippen molar-refractivity contribution in [2.45, 2.75) is 6.92 Å². The molecule has 21 heavy (non-hydrogen) atoms. The van der Waals surface area contributed by atoms with Crippen molar-refractivity contribution >= 4 is 23.4 Å². The molecule has 1 N–H and O–H groups in total. The zero-order valence-corrected chi connectivity index (χ0v) is 11.4. The lowest BCUT2D eigenvalue weighted by atomic mass is 10.1. The fourth-order valence-electron chi connectivity index (χ4n) is 1.78. The maximum atomic E-state index is 11.8. The normalized spacial score (nSPS) is 10.5. The molecule has 2 aromatic carbocycles. The van der Waals surface area contributed by atoms with Gasteiger partial charge in [-0.05, 0) is 31.2 Å². The topological polar surface area (TPSA) is 72.2 Å². The lowest BCUT2D eigenvalue weighted by Crippen LogP contribution is -2.07. The van der Waals surface area contributed by atoms with Crippen LogP contribution in [-0.4, -0.2) is 10.8 Å². The Balaban J connectivity index is 2.09. The van der Waals surface area contributed by atoms with Gasteiger partial charge in [0.05, 0.1) is 10.5 Å². The number of hydrogen-bond acceptors (Lipinski definition) is 3. The third kappa shape index (κ3) is 4.01. The number of aryl methyl sites for hydroxylation is 1. The Kier molecular flexibility index (Phi) is 4.46. The Bertz CT molecular complexity index is 691. The van der Waals surface area contributed by atoms with Crippen LogP contribution in [0.2, 0.25) is 0 Å². The van der Waals surface area contributed by atoms with Crippen LogP contribution in [0.25, 0.3) is 6.08 Å². The van der Waals surface area contributed by atoms with Crippen LogP contribution in [0, 0.1) is 17.0 Å². The second-order valence-corrected chi connectivity index (χ2v) is 4.50. The summed E-state index contributed by atoms with van der Waals surface area (Å²) in [6.07, 6.45) is 2.71. The Morgan fingerprint density at radius 2 is 1.81 bits per heavy atom. The number of nitrogens with zero attached hydrogens (tertiary/aromatic N) is 1. The smallest absolute Gasteiger partial charge is 0.276 e. The largest absolute Gasteiger partial charge is 0.323 e.